The number of nitrogens with one attached hydrogen (secondary N) is 1. The van der Waals surface area contributed by atoms with E-state index in [0.717, 1.165) is 11.1 Å². The lowest BCUT2D eigenvalue weighted by Gasteiger charge is -2.25. The summed E-state index contributed by atoms with van der Waals surface area (Å²) in [5, 5.41) is 4.92. The van der Waals surface area contributed by atoms with Crippen molar-refractivity contribution < 1.29 is 9.53 Å². The van der Waals surface area contributed by atoms with Crippen LogP contribution in [-0.4, -0.2) is 23.3 Å². The summed E-state index contributed by atoms with van der Waals surface area (Å²) < 4.78 is 5.29. The Hall–Kier alpha value is -3.31. The lowest BCUT2D eigenvalue weighted by molar-refractivity contribution is -0.136. The van der Waals surface area contributed by atoms with Crippen LogP contribution in [0.1, 0.15) is 18.1 Å². The van der Waals surface area contributed by atoms with Gasteiger partial charge in [0.15, 0.2) is 0 Å². The van der Waals surface area contributed by atoms with Gasteiger partial charge in [0.1, 0.15) is 0 Å². The molecular weight excluding hydrogens is 398 g/mol. The molecule has 3 rings (SSSR count). The lowest BCUT2D eigenvalue weighted by Crippen LogP contribution is -2.37. The van der Waals surface area contributed by atoms with Crippen LogP contribution in [0.5, 0.6) is 0 Å². The van der Waals surface area contributed by atoms with Crippen molar-refractivity contribution in [3.8, 4) is 0 Å². The molecule has 1 N–H and O–H groups in total. The number of esters is 1. The summed E-state index contributed by atoms with van der Waals surface area (Å²) in [6, 6.07) is 27.1. The standard InChI is InChI=1S/C24H24ClN3O2/c1-2-30-24(29)23(27-26-22-16-10-9-15-21(22)25)28(17-19-11-5-3-6-12-19)18-20-13-7-4-8-14-20/h3-16,26H,2,17-18H2,1H3/b27-23+. The van der Waals surface area contributed by atoms with Crippen LogP contribution in [0.15, 0.2) is 90.0 Å². The fraction of sp³-hybridized carbons (Fsp3) is 0.167. The van der Waals surface area contributed by atoms with Gasteiger partial charge in [0.25, 0.3) is 0 Å². The van der Waals surface area contributed by atoms with Gasteiger partial charge in [-0.1, -0.05) is 84.4 Å². The second kappa shape index (κ2) is 11.0. The number of hydrogen-bond acceptors (Lipinski definition) is 4. The average Bonchev–Trinajstić information content (AvgIpc) is 2.76. The number of hydrazone groups is 1. The maximum Gasteiger partial charge on any atom is 0.376 e. The molecule has 0 fully saturated rings. The highest BCUT2D eigenvalue weighted by atomic mass is 35.5. The van der Waals surface area contributed by atoms with Crippen molar-refractivity contribution in [2.75, 3.05) is 12.0 Å². The van der Waals surface area contributed by atoms with Gasteiger partial charge in [-0.05, 0) is 30.2 Å². The summed E-state index contributed by atoms with van der Waals surface area (Å²) in [6.07, 6.45) is 0. The van der Waals surface area contributed by atoms with Gasteiger partial charge < -0.3 is 9.64 Å². The molecule has 3 aromatic rings. The maximum atomic E-state index is 12.8. The monoisotopic (exact) mass is 421 g/mol. The fourth-order valence-corrected chi connectivity index (χ4v) is 3.10. The molecule has 0 bridgehead atoms. The highest BCUT2D eigenvalue weighted by Gasteiger charge is 2.22. The van der Waals surface area contributed by atoms with Gasteiger partial charge in [0.2, 0.25) is 5.84 Å². The minimum atomic E-state index is -0.496. The summed E-state index contributed by atoms with van der Waals surface area (Å²) in [5.41, 5.74) is 5.65. The van der Waals surface area contributed by atoms with Crippen LogP contribution in [0.3, 0.4) is 0 Å². The summed E-state index contributed by atoms with van der Waals surface area (Å²) in [6.45, 7) is 3.03. The molecule has 0 amide bonds. The van der Waals surface area contributed by atoms with Gasteiger partial charge >= 0.3 is 5.97 Å². The smallest absolute Gasteiger partial charge is 0.376 e. The van der Waals surface area contributed by atoms with E-state index in [1.165, 1.54) is 0 Å². The number of carbonyl (C=O) groups is 1. The highest BCUT2D eigenvalue weighted by Crippen LogP contribution is 2.21. The number of nitrogens with zero attached hydrogens (tertiary/aromatic N) is 2. The first-order valence-electron chi connectivity index (χ1n) is 9.75. The molecule has 0 saturated heterocycles. The number of halogens is 1. The molecule has 154 valence electrons. The van der Waals surface area contributed by atoms with Crippen molar-refractivity contribution in [3.63, 3.8) is 0 Å². The van der Waals surface area contributed by atoms with Gasteiger partial charge in [-0.25, -0.2) is 4.79 Å². The third-order valence-corrected chi connectivity index (χ3v) is 4.68. The van der Waals surface area contributed by atoms with Crippen LogP contribution >= 0.6 is 11.6 Å². The van der Waals surface area contributed by atoms with Gasteiger partial charge in [0, 0.05) is 13.1 Å². The highest BCUT2D eigenvalue weighted by molar-refractivity contribution is 6.35. The molecule has 0 unspecified atom stereocenters. The zero-order valence-corrected chi connectivity index (χ0v) is 17.5. The number of hydrogen-bond donors (Lipinski definition) is 1. The van der Waals surface area contributed by atoms with Crippen molar-refractivity contribution in [1.82, 2.24) is 4.90 Å². The molecular formula is C24H24ClN3O2. The molecule has 0 aliphatic carbocycles. The zero-order valence-electron chi connectivity index (χ0n) is 16.8. The molecule has 0 aliphatic heterocycles. The molecule has 0 heterocycles. The van der Waals surface area contributed by atoms with E-state index in [1.54, 1.807) is 19.1 Å². The third kappa shape index (κ3) is 6.09. The molecule has 5 nitrogen and oxygen atoms in total. The van der Waals surface area contributed by atoms with E-state index in [1.807, 2.05) is 77.7 Å². The van der Waals surface area contributed by atoms with Crippen LogP contribution in [-0.2, 0) is 22.6 Å². The van der Waals surface area contributed by atoms with E-state index in [9.17, 15) is 4.79 Å². The SMILES string of the molecule is CCOC(=O)/C(=N\Nc1ccccc1Cl)N(Cc1ccccc1)Cc1ccccc1. The van der Waals surface area contributed by atoms with Gasteiger partial charge in [0.05, 0.1) is 17.3 Å². The predicted octanol–water partition coefficient (Wildman–Crippen LogP) is 5.33. The molecule has 0 atom stereocenters. The molecule has 0 radical (unpaired) electrons. The van der Waals surface area contributed by atoms with Crippen LogP contribution < -0.4 is 5.43 Å². The van der Waals surface area contributed by atoms with Crippen LogP contribution in [0.2, 0.25) is 5.02 Å². The molecule has 0 spiro atoms. The van der Waals surface area contributed by atoms with Crippen LogP contribution in [0, 0.1) is 0 Å². The minimum Gasteiger partial charge on any atom is -0.460 e. The normalized spacial score (nSPS) is 11.1. The predicted molar refractivity (Wildman–Crippen MR) is 121 cm³/mol. The van der Waals surface area contributed by atoms with Crippen molar-refractivity contribution in [1.29, 1.82) is 0 Å². The number of rotatable bonds is 7. The number of carbonyl (C=O) groups excluding carboxylic acids is 1. The summed E-state index contributed by atoms with van der Waals surface area (Å²) in [7, 11) is 0. The van der Waals surface area contributed by atoms with Crippen LogP contribution in [0.4, 0.5) is 5.69 Å². The molecule has 0 aliphatic rings. The Balaban J connectivity index is 1.94. The Labute approximate surface area is 181 Å². The van der Waals surface area contributed by atoms with Crippen molar-refractivity contribution in [2.45, 2.75) is 20.0 Å². The molecule has 0 saturated carbocycles. The van der Waals surface area contributed by atoms with Crippen molar-refractivity contribution in [2.24, 2.45) is 5.10 Å². The lowest BCUT2D eigenvalue weighted by atomic mass is 10.1. The number of anilines is 1. The Bertz CT molecular complexity index is 937. The largest absolute Gasteiger partial charge is 0.460 e. The van der Waals surface area contributed by atoms with Gasteiger partial charge in [-0.15, -0.1) is 5.10 Å². The van der Waals surface area contributed by atoms with E-state index < -0.39 is 5.97 Å². The summed E-state index contributed by atoms with van der Waals surface area (Å²) in [4.78, 5) is 14.7. The maximum absolute atomic E-state index is 12.8. The van der Waals surface area contributed by atoms with E-state index in [-0.39, 0.29) is 12.4 Å². The Morgan fingerprint density at radius 2 is 1.43 bits per heavy atom. The van der Waals surface area contributed by atoms with E-state index in [0.29, 0.717) is 23.8 Å². The molecule has 3 aromatic carbocycles. The Morgan fingerprint density at radius 1 is 0.900 bits per heavy atom. The topological polar surface area (TPSA) is 53.9 Å². The Morgan fingerprint density at radius 3 is 1.97 bits per heavy atom. The number of para-hydroxylation sites is 1. The minimum absolute atomic E-state index is 0.185. The summed E-state index contributed by atoms with van der Waals surface area (Å²) >= 11 is 6.23. The molecule has 30 heavy (non-hydrogen) atoms. The van der Waals surface area contributed by atoms with Crippen molar-refractivity contribution >= 4 is 29.1 Å². The number of ether oxygens (including phenoxy) is 1. The van der Waals surface area contributed by atoms with Gasteiger partial charge in [-0.2, -0.15) is 0 Å². The molecule has 6 heteroatoms. The first kappa shape index (κ1) is 21.4. The first-order valence-corrected chi connectivity index (χ1v) is 10.1. The van der Waals surface area contributed by atoms with Crippen LogP contribution in [0.25, 0.3) is 0 Å². The quantitative estimate of drug-likeness (QED) is 0.242. The zero-order chi connectivity index (χ0) is 21.2. The van der Waals surface area contributed by atoms with E-state index in [4.69, 9.17) is 16.3 Å². The first-order chi connectivity index (χ1) is 14.7. The van der Waals surface area contributed by atoms with E-state index >= 15 is 0 Å². The second-order valence-corrected chi connectivity index (χ2v) is 6.98. The fourth-order valence-electron chi connectivity index (χ4n) is 2.92. The average molecular weight is 422 g/mol. The second-order valence-electron chi connectivity index (χ2n) is 6.57. The number of amidine groups is 1. The van der Waals surface area contributed by atoms with Crippen molar-refractivity contribution in [3.05, 3.63) is 101 Å². The summed E-state index contributed by atoms with van der Waals surface area (Å²) in [5.74, 6) is -0.312. The Kier molecular flexibility index (Phi) is 7.86. The number of benzene rings is 3. The third-order valence-electron chi connectivity index (χ3n) is 4.35. The molecule has 0 aromatic heterocycles. The van der Waals surface area contributed by atoms with E-state index in [2.05, 4.69) is 10.5 Å². The van der Waals surface area contributed by atoms with Gasteiger partial charge in [-0.3, -0.25) is 5.43 Å².